The van der Waals surface area contributed by atoms with E-state index < -0.39 is 4.92 Å². The molecule has 20 heavy (non-hydrogen) atoms. The van der Waals surface area contributed by atoms with Crippen molar-refractivity contribution >= 4 is 11.4 Å². The number of nitrogens with one attached hydrogen (secondary N) is 1. The third kappa shape index (κ3) is 3.12. The van der Waals surface area contributed by atoms with E-state index in [1.165, 1.54) is 12.1 Å². The van der Waals surface area contributed by atoms with E-state index in [4.69, 9.17) is 5.26 Å². The molecule has 0 heterocycles. The topological polar surface area (TPSA) is 79.0 Å². The summed E-state index contributed by atoms with van der Waals surface area (Å²) in [5, 5.41) is 22.9. The molecule has 100 valence electrons. The van der Waals surface area contributed by atoms with Gasteiger partial charge in [0.2, 0.25) is 0 Å². The summed E-state index contributed by atoms with van der Waals surface area (Å²) in [6.45, 7) is 2.57. The molecule has 2 rings (SSSR count). The Morgan fingerprint density at radius 3 is 2.75 bits per heavy atom. The first kappa shape index (κ1) is 13.6. The van der Waals surface area contributed by atoms with Crippen molar-refractivity contribution < 1.29 is 4.92 Å². The third-order valence-electron chi connectivity index (χ3n) is 2.90. The van der Waals surface area contributed by atoms with Gasteiger partial charge in [-0.2, -0.15) is 5.26 Å². The van der Waals surface area contributed by atoms with E-state index in [-0.39, 0.29) is 11.3 Å². The van der Waals surface area contributed by atoms with Crippen LogP contribution in [0.3, 0.4) is 0 Å². The van der Waals surface area contributed by atoms with Gasteiger partial charge in [-0.05, 0) is 18.6 Å². The monoisotopic (exact) mass is 267 g/mol. The Morgan fingerprint density at radius 2 is 2.10 bits per heavy atom. The van der Waals surface area contributed by atoms with Crippen molar-refractivity contribution in [1.82, 2.24) is 0 Å². The van der Waals surface area contributed by atoms with Crippen LogP contribution in [0.15, 0.2) is 42.5 Å². The molecule has 2 aromatic carbocycles. The van der Waals surface area contributed by atoms with Crippen molar-refractivity contribution in [3.05, 3.63) is 69.3 Å². The molecule has 1 N–H and O–H groups in total. The number of rotatable bonds is 4. The van der Waals surface area contributed by atoms with Crippen LogP contribution < -0.4 is 5.32 Å². The molecule has 5 heteroatoms. The van der Waals surface area contributed by atoms with Crippen molar-refractivity contribution in [2.75, 3.05) is 5.32 Å². The van der Waals surface area contributed by atoms with E-state index >= 15 is 0 Å². The van der Waals surface area contributed by atoms with Crippen LogP contribution in [0.4, 0.5) is 11.4 Å². The number of nitrogens with zero attached hydrogens (tertiary/aromatic N) is 2. The number of hydrogen-bond acceptors (Lipinski definition) is 4. The summed E-state index contributed by atoms with van der Waals surface area (Å²) in [5.41, 5.74) is 3.04. The summed E-state index contributed by atoms with van der Waals surface area (Å²) in [6, 6.07) is 14.2. The normalized spacial score (nSPS) is 9.80. The molecule has 0 aliphatic carbocycles. The molecule has 0 aromatic heterocycles. The number of aryl methyl sites for hydroxylation is 1. The molecule has 0 bridgehead atoms. The van der Waals surface area contributed by atoms with Gasteiger partial charge in [0.05, 0.1) is 16.2 Å². The average molecular weight is 267 g/mol. The Balaban J connectivity index is 2.18. The number of non-ortho nitro benzene ring substituents is 1. The summed E-state index contributed by atoms with van der Waals surface area (Å²) in [4.78, 5) is 10.2. The van der Waals surface area contributed by atoms with Crippen LogP contribution in [0.2, 0.25) is 0 Å². The van der Waals surface area contributed by atoms with Crippen LogP contribution in [-0.2, 0) is 6.54 Å². The Hall–Kier alpha value is -2.87. The highest BCUT2D eigenvalue weighted by Crippen LogP contribution is 2.22. The number of nitro benzene ring substituents is 1. The second kappa shape index (κ2) is 5.85. The van der Waals surface area contributed by atoms with E-state index in [1.54, 1.807) is 6.07 Å². The van der Waals surface area contributed by atoms with Crippen LogP contribution in [0.1, 0.15) is 16.7 Å². The lowest BCUT2D eigenvalue weighted by atomic mass is 10.1. The molecule has 0 amide bonds. The summed E-state index contributed by atoms with van der Waals surface area (Å²) < 4.78 is 0. The van der Waals surface area contributed by atoms with Crippen LogP contribution in [0.25, 0.3) is 0 Å². The third-order valence-corrected chi connectivity index (χ3v) is 2.90. The molecule has 2 aromatic rings. The fraction of sp³-hybridized carbons (Fsp3) is 0.133. The highest BCUT2D eigenvalue weighted by atomic mass is 16.6. The molecule has 0 fully saturated rings. The standard InChI is InChI=1S/C15H13N3O2/c1-11-3-2-4-12(7-11)10-17-15-6-5-14(18(19)20)8-13(15)9-16/h2-8,17H,10H2,1H3. The maximum atomic E-state index is 10.7. The van der Waals surface area contributed by atoms with Gasteiger partial charge in [0, 0.05) is 18.7 Å². The van der Waals surface area contributed by atoms with Crippen molar-refractivity contribution in [3.63, 3.8) is 0 Å². The van der Waals surface area contributed by atoms with Gasteiger partial charge in [-0.15, -0.1) is 0 Å². The van der Waals surface area contributed by atoms with E-state index in [9.17, 15) is 10.1 Å². The zero-order valence-electron chi connectivity index (χ0n) is 11.0. The Morgan fingerprint density at radius 1 is 1.30 bits per heavy atom. The zero-order valence-corrected chi connectivity index (χ0v) is 11.0. The molecule has 0 atom stereocenters. The van der Waals surface area contributed by atoms with E-state index in [2.05, 4.69) is 5.32 Å². The summed E-state index contributed by atoms with van der Waals surface area (Å²) in [6.07, 6.45) is 0. The van der Waals surface area contributed by atoms with Gasteiger partial charge in [0.1, 0.15) is 6.07 Å². The fourth-order valence-electron chi connectivity index (χ4n) is 1.91. The molecule has 0 radical (unpaired) electrons. The van der Waals surface area contributed by atoms with Gasteiger partial charge < -0.3 is 5.32 Å². The molecule has 0 spiro atoms. The highest BCUT2D eigenvalue weighted by Gasteiger charge is 2.10. The number of benzene rings is 2. The predicted molar refractivity (Wildman–Crippen MR) is 76.3 cm³/mol. The van der Waals surface area contributed by atoms with E-state index in [1.807, 2.05) is 37.3 Å². The minimum Gasteiger partial charge on any atom is -0.380 e. The summed E-state index contributed by atoms with van der Waals surface area (Å²) in [7, 11) is 0. The van der Waals surface area contributed by atoms with Crippen molar-refractivity contribution in [2.24, 2.45) is 0 Å². The fourth-order valence-corrected chi connectivity index (χ4v) is 1.91. The SMILES string of the molecule is Cc1cccc(CNc2ccc([N+](=O)[O-])cc2C#N)c1. The quantitative estimate of drug-likeness (QED) is 0.680. The van der Waals surface area contributed by atoms with Gasteiger partial charge >= 0.3 is 0 Å². The average Bonchev–Trinajstić information content (AvgIpc) is 2.45. The number of anilines is 1. The first-order valence-corrected chi connectivity index (χ1v) is 6.08. The lowest BCUT2D eigenvalue weighted by molar-refractivity contribution is -0.384. The predicted octanol–water partition coefficient (Wildman–Crippen LogP) is 3.39. The van der Waals surface area contributed by atoms with Crippen molar-refractivity contribution in [3.8, 4) is 6.07 Å². The maximum Gasteiger partial charge on any atom is 0.270 e. The largest absolute Gasteiger partial charge is 0.380 e. The van der Waals surface area contributed by atoms with Crippen molar-refractivity contribution in [2.45, 2.75) is 13.5 Å². The van der Waals surface area contributed by atoms with Gasteiger partial charge in [-0.25, -0.2) is 0 Å². The van der Waals surface area contributed by atoms with Crippen LogP contribution in [0.5, 0.6) is 0 Å². The number of hydrogen-bond donors (Lipinski definition) is 1. The van der Waals surface area contributed by atoms with Crippen LogP contribution in [-0.4, -0.2) is 4.92 Å². The second-order valence-corrected chi connectivity index (χ2v) is 4.44. The number of nitro groups is 1. The Labute approximate surface area is 116 Å². The molecule has 0 aliphatic rings. The molecule has 0 unspecified atom stereocenters. The zero-order chi connectivity index (χ0) is 14.5. The summed E-state index contributed by atoms with van der Waals surface area (Å²) >= 11 is 0. The van der Waals surface area contributed by atoms with Gasteiger partial charge in [-0.3, -0.25) is 10.1 Å². The molecular formula is C15H13N3O2. The van der Waals surface area contributed by atoms with Crippen LogP contribution in [0, 0.1) is 28.4 Å². The molecule has 0 saturated carbocycles. The minimum absolute atomic E-state index is 0.0809. The molecule has 5 nitrogen and oxygen atoms in total. The van der Waals surface area contributed by atoms with Gasteiger partial charge in [0.15, 0.2) is 0 Å². The molecule has 0 aliphatic heterocycles. The Kier molecular flexibility index (Phi) is 3.96. The summed E-state index contributed by atoms with van der Waals surface area (Å²) in [5.74, 6) is 0. The molecular weight excluding hydrogens is 254 g/mol. The lowest BCUT2D eigenvalue weighted by Gasteiger charge is -2.08. The van der Waals surface area contributed by atoms with Crippen molar-refractivity contribution in [1.29, 1.82) is 5.26 Å². The van der Waals surface area contributed by atoms with Gasteiger partial charge in [0.25, 0.3) is 5.69 Å². The van der Waals surface area contributed by atoms with Crippen LogP contribution >= 0.6 is 0 Å². The maximum absolute atomic E-state index is 10.7. The first-order chi connectivity index (χ1) is 9.60. The van der Waals surface area contributed by atoms with E-state index in [0.717, 1.165) is 11.1 Å². The van der Waals surface area contributed by atoms with Gasteiger partial charge in [-0.1, -0.05) is 29.8 Å². The first-order valence-electron chi connectivity index (χ1n) is 6.08. The van der Waals surface area contributed by atoms with E-state index in [0.29, 0.717) is 12.2 Å². The molecule has 0 saturated heterocycles. The lowest BCUT2D eigenvalue weighted by Crippen LogP contribution is -2.02. The highest BCUT2D eigenvalue weighted by molar-refractivity contribution is 5.61. The minimum atomic E-state index is -0.509. The Bertz CT molecular complexity index is 690. The number of nitriles is 1. The smallest absolute Gasteiger partial charge is 0.270 e. The second-order valence-electron chi connectivity index (χ2n) is 4.44.